The molecule has 2 aromatic rings. The third-order valence-electron chi connectivity index (χ3n) is 3.61. The van der Waals surface area contributed by atoms with E-state index < -0.39 is 24.6 Å². The highest BCUT2D eigenvalue weighted by Gasteiger charge is 2.27. The minimum Gasteiger partial charge on any atom is -0.497 e. The van der Waals surface area contributed by atoms with Crippen molar-refractivity contribution in [1.82, 2.24) is 10.9 Å². The molecule has 2 amide bonds. The van der Waals surface area contributed by atoms with Crippen LogP contribution in [-0.4, -0.2) is 38.3 Å². The first kappa shape index (κ1) is 22.0. The number of benzene rings is 2. The lowest BCUT2D eigenvalue weighted by Gasteiger charge is -2.10. The minimum atomic E-state index is -4.39. The molecule has 0 radical (unpaired) electrons. The Bertz CT molecular complexity index is 809. The molecule has 7 nitrogen and oxygen atoms in total. The first-order valence-electron chi connectivity index (χ1n) is 8.47. The maximum Gasteiger partial charge on any atom is 0.411 e. The molecule has 0 aliphatic carbocycles. The summed E-state index contributed by atoms with van der Waals surface area (Å²) in [6.07, 6.45) is -4.39. The molecule has 0 heterocycles. The summed E-state index contributed by atoms with van der Waals surface area (Å²) in [5.41, 5.74) is 5.94. The van der Waals surface area contributed by atoms with E-state index in [1.807, 2.05) is 0 Å². The fraction of sp³-hybridized carbons (Fsp3) is 0.263. The van der Waals surface area contributed by atoms with Crippen LogP contribution in [0.15, 0.2) is 48.5 Å². The maximum atomic E-state index is 12.0. The number of ether oxygens (including phenoxy) is 2. The normalized spacial score (nSPS) is 10.9. The Kier molecular flexibility index (Phi) is 7.84. The van der Waals surface area contributed by atoms with Crippen LogP contribution >= 0.6 is 0 Å². The number of hydrazine groups is 1. The summed E-state index contributed by atoms with van der Waals surface area (Å²) in [5, 5.41) is 2.88. The second kappa shape index (κ2) is 10.3. The van der Waals surface area contributed by atoms with Gasteiger partial charge in [-0.05, 0) is 42.0 Å². The van der Waals surface area contributed by atoms with Gasteiger partial charge >= 0.3 is 6.18 Å². The zero-order valence-corrected chi connectivity index (χ0v) is 15.5. The van der Waals surface area contributed by atoms with Gasteiger partial charge < -0.3 is 14.8 Å². The monoisotopic (exact) mass is 411 g/mol. The SMILES string of the molecule is COc1ccc(NCC(=O)NNC(=O)c2ccc(COCC(F)(F)F)cc2)cc1. The van der Waals surface area contributed by atoms with Gasteiger partial charge in [-0.2, -0.15) is 13.2 Å². The Morgan fingerprint density at radius 2 is 1.62 bits per heavy atom. The molecule has 2 aromatic carbocycles. The third kappa shape index (κ3) is 8.09. The summed E-state index contributed by atoms with van der Waals surface area (Å²) < 4.78 is 45.7. The van der Waals surface area contributed by atoms with Crippen LogP contribution in [-0.2, 0) is 16.1 Å². The molecule has 0 unspecified atom stereocenters. The van der Waals surface area contributed by atoms with Crippen molar-refractivity contribution in [3.05, 3.63) is 59.7 Å². The summed E-state index contributed by atoms with van der Waals surface area (Å²) in [6, 6.07) is 12.7. The van der Waals surface area contributed by atoms with Gasteiger partial charge in [-0.15, -0.1) is 0 Å². The number of alkyl halides is 3. The van der Waals surface area contributed by atoms with Crippen molar-refractivity contribution in [2.75, 3.05) is 25.6 Å². The number of amides is 2. The van der Waals surface area contributed by atoms with Crippen LogP contribution in [0.1, 0.15) is 15.9 Å². The van der Waals surface area contributed by atoms with Gasteiger partial charge in [0.1, 0.15) is 12.4 Å². The molecule has 0 saturated carbocycles. The Hall–Kier alpha value is -3.27. The van der Waals surface area contributed by atoms with Crippen LogP contribution in [0.25, 0.3) is 0 Å². The standard InChI is InChI=1S/C19H20F3N3O4/c1-28-16-8-6-15(7-9-16)23-10-17(26)24-25-18(27)14-4-2-13(3-5-14)11-29-12-19(20,21)22/h2-9,23H,10-12H2,1H3,(H,24,26)(H,25,27). The van der Waals surface area contributed by atoms with Crippen molar-refractivity contribution in [1.29, 1.82) is 0 Å². The van der Waals surface area contributed by atoms with Gasteiger partial charge in [-0.3, -0.25) is 20.4 Å². The minimum absolute atomic E-state index is 0.0674. The first-order chi connectivity index (χ1) is 13.8. The summed E-state index contributed by atoms with van der Waals surface area (Å²) in [6.45, 7) is -1.64. The number of rotatable bonds is 8. The lowest BCUT2D eigenvalue weighted by molar-refractivity contribution is -0.176. The fourth-order valence-corrected chi connectivity index (χ4v) is 2.17. The third-order valence-corrected chi connectivity index (χ3v) is 3.61. The molecule has 156 valence electrons. The quantitative estimate of drug-likeness (QED) is 0.582. The van der Waals surface area contributed by atoms with Crippen LogP contribution < -0.4 is 20.9 Å². The van der Waals surface area contributed by atoms with E-state index in [2.05, 4.69) is 20.9 Å². The van der Waals surface area contributed by atoms with Crippen LogP contribution in [0.2, 0.25) is 0 Å². The number of carbonyl (C=O) groups is 2. The number of nitrogens with one attached hydrogen (secondary N) is 3. The Morgan fingerprint density at radius 1 is 0.966 bits per heavy atom. The Labute approximate surface area is 165 Å². The predicted molar refractivity (Wildman–Crippen MR) is 99.2 cm³/mol. The molecule has 3 N–H and O–H groups in total. The van der Waals surface area contributed by atoms with E-state index in [0.29, 0.717) is 17.0 Å². The number of hydrogen-bond donors (Lipinski definition) is 3. The molecule has 0 fully saturated rings. The summed E-state index contributed by atoms with van der Waals surface area (Å²) in [7, 11) is 1.55. The topological polar surface area (TPSA) is 88.7 Å². The maximum absolute atomic E-state index is 12.0. The van der Waals surface area contributed by atoms with Gasteiger partial charge in [-0.1, -0.05) is 12.1 Å². The van der Waals surface area contributed by atoms with Gasteiger partial charge in [0.2, 0.25) is 0 Å². The van der Waals surface area contributed by atoms with E-state index in [1.54, 1.807) is 31.4 Å². The predicted octanol–water partition coefficient (Wildman–Crippen LogP) is 2.65. The van der Waals surface area contributed by atoms with Crippen molar-refractivity contribution >= 4 is 17.5 Å². The van der Waals surface area contributed by atoms with E-state index in [-0.39, 0.29) is 18.7 Å². The van der Waals surface area contributed by atoms with Crippen molar-refractivity contribution in [3.8, 4) is 5.75 Å². The first-order valence-corrected chi connectivity index (χ1v) is 8.47. The van der Waals surface area contributed by atoms with Gasteiger partial charge in [0.25, 0.3) is 11.8 Å². The van der Waals surface area contributed by atoms with Crippen LogP contribution in [0.3, 0.4) is 0 Å². The second-order valence-electron chi connectivity index (χ2n) is 5.89. The van der Waals surface area contributed by atoms with Gasteiger partial charge in [-0.25, -0.2) is 0 Å². The van der Waals surface area contributed by atoms with Crippen molar-refractivity contribution < 1.29 is 32.2 Å². The van der Waals surface area contributed by atoms with Crippen molar-refractivity contribution in [2.24, 2.45) is 0 Å². The van der Waals surface area contributed by atoms with E-state index in [1.165, 1.54) is 24.3 Å². The largest absolute Gasteiger partial charge is 0.497 e. The molecular formula is C19H20F3N3O4. The van der Waals surface area contributed by atoms with Crippen molar-refractivity contribution in [3.63, 3.8) is 0 Å². The number of anilines is 1. The molecule has 2 rings (SSSR count). The summed E-state index contributed by atoms with van der Waals surface area (Å²) in [4.78, 5) is 23.8. The molecule has 0 saturated heterocycles. The number of hydrogen-bond acceptors (Lipinski definition) is 5. The average molecular weight is 411 g/mol. The molecular weight excluding hydrogens is 391 g/mol. The number of carbonyl (C=O) groups excluding carboxylic acids is 2. The smallest absolute Gasteiger partial charge is 0.411 e. The summed E-state index contributed by atoms with van der Waals surface area (Å²) >= 11 is 0. The lowest BCUT2D eigenvalue weighted by atomic mass is 10.1. The van der Waals surface area contributed by atoms with E-state index >= 15 is 0 Å². The molecule has 0 spiro atoms. The summed E-state index contributed by atoms with van der Waals surface area (Å²) in [5.74, 6) is -0.345. The van der Waals surface area contributed by atoms with E-state index in [9.17, 15) is 22.8 Å². The number of halogens is 3. The second-order valence-corrected chi connectivity index (χ2v) is 5.89. The molecule has 29 heavy (non-hydrogen) atoms. The Morgan fingerprint density at radius 3 is 2.21 bits per heavy atom. The van der Waals surface area contributed by atoms with Crippen LogP contribution in [0.4, 0.5) is 18.9 Å². The molecule has 0 aliphatic rings. The van der Waals surface area contributed by atoms with E-state index in [0.717, 1.165) is 0 Å². The highest BCUT2D eigenvalue weighted by Crippen LogP contribution is 2.16. The zero-order chi connectivity index (χ0) is 21.3. The highest BCUT2D eigenvalue weighted by atomic mass is 19.4. The average Bonchev–Trinajstić information content (AvgIpc) is 2.70. The van der Waals surface area contributed by atoms with Crippen LogP contribution in [0.5, 0.6) is 5.75 Å². The molecule has 0 bridgehead atoms. The molecule has 0 atom stereocenters. The van der Waals surface area contributed by atoms with Gasteiger partial charge in [0.05, 0.1) is 20.3 Å². The number of methoxy groups -OCH3 is 1. The zero-order valence-electron chi connectivity index (χ0n) is 15.5. The van der Waals surface area contributed by atoms with Crippen molar-refractivity contribution in [2.45, 2.75) is 12.8 Å². The van der Waals surface area contributed by atoms with Gasteiger partial charge in [0.15, 0.2) is 0 Å². The lowest BCUT2D eigenvalue weighted by Crippen LogP contribution is -2.44. The molecule has 10 heteroatoms. The molecule has 0 aromatic heterocycles. The Balaban J connectivity index is 1.72. The van der Waals surface area contributed by atoms with Crippen LogP contribution in [0, 0.1) is 0 Å². The highest BCUT2D eigenvalue weighted by molar-refractivity contribution is 5.95. The molecule has 0 aliphatic heterocycles. The van der Waals surface area contributed by atoms with Gasteiger partial charge in [0, 0.05) is 11.3 Å². The fourth-order valence-electron chi connectivity index (χ4n) is 2.17. The van der Waals surface area contributed by atoms with E-state index in [4.69, 9.17) is 4.74 Å².